The molecule has 0 N–H and O–H groups in total. The summed E-state index contributed by atoms with van der Waals surface area (Å²) in [5, 5.41) is 0. The summed E-state index contributed by atoms with van der Waals surface area (Å²) in [7, 11) is 1.72. The summed E-state index contributed by atoms with van der Waals surface area (Å²) >= 11 is 0. The highest BCUT2D eigenvalue weighted by Gasteiger charge is 2.30. The third-order valence-electron chi connectivity index (χ3n) is 3.50. The maximum Gasteiger partial charge on any atom is 0.120 e. The van der Waals surface area contributed by atoms with Crippen LogP contribution in [0, 0.1) is 0 Å². The van der Waals surface area contributed by atoms with Crippen molar-refractivity contribution in [2.24, 2.45) is 0 Å². The van der Waals surface area contributed by atoms with Gasteiger partial charge in [0.2, 0.25) is 0 Å². The van der Waals surface area contributed by atoms with E-state index in [2.05, 4.69) is 50.8 Å². The average Bonchev–Trinajstić information content (AvgIpc) is 2.27. The fraction of sp³-hybridized carbons (Fsp3) is 0.467. The molecule has 92 valence electrons. The summed E-state index contributed by atoms with van der Waals surface area (Å²) in [6.07, 6.45) is 2.34. The number of methoxy groups -OCH3 is 1. The minimum atomic E-state index is 0.0677. The van der Waals surface area contributed by atoms with Crippen LogP contribution in [0.5, 0.6) is 5.75 Å². The first kappa shape index (κ1) is 12.0. The van der Waals surface area contributed by atoms with E-state index in [0.717, 1.165) is 12.3 Å². The molecule has 0 aliphatic carbocycles. The van der Waals surface area contributed by atoms with E-state index in [1.54, 1.807) is 7.11 Å². The molecule has 1 aromatic carbocycles. The van der Waals surface area contributed by atoms with Crippen LogP contribution < -0.4 is 9.64 Å². The number of ether oxygens (including phenoxy) is 1. The van der Waals surface area contributed by atoms with Crippen molar-refractivity contribution in [2.75, 3.05) is 18.6 Å². The van der Waals surface area contributed by atoms with E-state index < -0.39 is 0 Å². The second kappa shape index (κ2) is 4.10. The molecule has 2 heteroatoms. The van der Waals surface area contributed by atoms with Crippen molar-refractivity contribution in [3.8, 4) is 5.75 Å². The van der Waals surface area contributed by atoms with Crippen LogP contribution in [-0.2, 0) is 0 Å². The molecule has 17 heavy (non-hydrogen) atoms. The van der Waals surface area contributed by atoms with Crippen LogP contribution in [0.3, 0.4) is 0 Å². The van der Waals surface area contributed by atoms with Gasteiger partial charge >= 0.3 is 0 Å². The maximum atomic E-state index is 5.33. The fourth-order valence-electron chi connectivity index (χ4n) is 2.77. The molecule has 0 radical (unpaired) electrons. The summed E-state index contributed by atoms with van der Waals surface area (Å²) in [6, 6.07) is 6.32. The number of likely N-dealkylation sites (N-methyl/N-ethyl adjacent to an activating group) is 1. The van der Waals surface area contributed by atoms with E-state index in [-0.39, 0.29) is 5.54 Å². The Morgan fingerprint density at radius 3 is 2.59 bits per heavy atom. The van der Waals surface area contributed by atoms with Gasteiger partial charge in [-0.05, 0) is 45.4 Å². The minimum absolute atomic E-state index is 0.0677. The van der Waals surface area contributed by atoms with E-state index >= 15 is 0 Å². The number of nitrogens with zero attached hydrogens (tertiary/aromatic N) is 1. The lowest BCUT2D eigenvalue weighted by Crippen LogP contribution is -2.44. The Hall–Kier alpha value is -1.44. The van der Waals surface area contributed by atoms with E-state index in [4.69, 9.17) is 4.74 Å². The quantitative estimate of drug-likeness (QED) is 0.769. The smallest absolute Gasteiger partial charge is 0.120 e. The Labute approximate surface area is 104 Å². The Bertz CT molecular complexity index is 460. The molecule has 0 bridgehead atoms. The molecule has 1 aromatic rings. The lowest BCUT2D eigenvalue weighted by Gasteiger charge is -2.42. The second-order valence-corrected chi connectivity index (χ2v) is 5.11. The first-order valence-corrected chi connectivity index (χ1v) is 6.15. The first-order valence-electron chi connectivity index (χ1n) is 6.15. The molecule has 2 rings (SSSR count). The van der Waals surface area contributed by atoms with Gasteiger partial charge in [0.1, 0.15) is 5.75 Å². The maximum absolute atomic E-state index is 5.33. The number of allylic oxidation sites excluding steroid dienone is 1. The Morgan fingerprint density at radius 2 is 2.00 bits per heavy atom. The molecule has 0 unspecified atom stereocenters. The van der Waals surface area contributed by atoms with Crippen molar-refractivity contribution in [2.45, 2.75) is 33.2 Å². The highest BCUT2D eigenvalue weighted by Crippen LogP contribution is 2.40. The van der Waals surface area contributed by atoms with Crippen molar-refractivity contribution in [1.29, 1.82) is 0 Å². The molecule has 0 fully saturated rings. The van der Waals surface area contributed by atoms with Gasteiger partial charge in [0.05, 0.1) is 12.6 Å². The summed E-state index contributed by atoms with van der Waals surface area (Å²) < 4.78 is 5.33. The van der Waals surface area contributed by atoms with Crippen molar-refractivity contribution in [3.05, 3.63) is 29.8 Å². The standard InChI is InChI=1S/C15H21NO/c1-6-16-14-9-12(17-5)7-8-13(14)11(2)10-15(16,3)4/h7-10H,6H2,1-5H3. The molecule has 0 saturated carbocycles. The van der Waals surface area contributed by atoms with Gasteiger partial charge in [-0.15, -0.1) is 0 Å². The topological polar surface area (TPSA) is 12.5 Å². The van der Waals surface area contributed by atoms with Crippen LogP contribution in [0.1, 0.15) is 33.3 Å². The molecule has 0 aromatic heterocycles. The molecule has 0 amide bonds. The van der Waals surface area contributed by atoms with Gasteiger partial charge in [0, 0.05) is 23.9 Å². The van der Waals surface area contributed by atoms with Crippen molar-refractivity contribution in [3.63, 3.8) is 0 Å². The number of hydrogen-bond acceptors (Lipinski definition) is 2. The number of fused-ring (bicyclic) bond motifs is 1. The van der Waals surface area contributed by atoms with Crippen LogP contribution in [0.4, 0.5) is 5.69 Å². The predicted octanol–water partition coefficient (Wildman–Crippen LogP) is 3.72. The highest BCUT2D eigenvalue weighted by atomic mass is 16.5. The normalized spacial score (nSPS) is 17.5. The van der Waals surface area contributed by atoms with Gasteiger partial charge in [-0.1, -0.05) is 6.08 Å². The van der Waals surface area contributed by atoms with Crippen molar-refractivity contribution < 1.29 is 4.74 Å². The van der Waals surface area contributed by atoms with Crippen LogP contribution in [0.15, 0.2) is 24.3 Å². The zero-order valence-corrected chi connectivity index (χ0v) is 11.4. The third-order valence-corrected chi connectivity index (χ3v) is 3.50. The zero-order chi connectivity index (χ0) is 12.6. The summed E-state index contributed by atoms with van der Waals surface area (Å²) in [5.41, 5.74) is 4.00. The first-order chi connectivity index (χ1) is 7.99. The average molecular weight is 231 g/mol. The molecule has 1 heterocycles. The Balaban J connectivity index is 2.60. The van der Waals surface area contributed by atoms with Gasteiger partial charge in [0.25, 0.3) is 0 Å². The molecule has 0 spiro atoms. The zero-order valence-electron chi connectivity index (χ0n) is 11.4. The Kier molecular flexibility index (Phi) is 2.90. The van der Waals surface area contributed by atoms with Gasteiger partial charge in [-0.3, -0.25) is 0 Å². The number of anilines is 1. The number of hydrogen-bond donors (Lipinski definition) is 0. The monoisotopic (exact) mass is 231 g/mol. The molecule has 0 saturated heterocycles. The summed E-state index contributed by atoms with van der Waals surface area (Å²) in [4.78, 5) is 2.41. The lowest BCUT2D eigenvalue weighted by molar-refractivity contribution is 0.414. The second-order valence-electron chi connectivity index (χ2n) is 5.11. The van der Waals surface area contributed by atoms with Gasteiger partial charge < -0.3 is 9.64 Å². The molecule has 0 atom stereocenters. The number of rotatable bonds is 2. The molecule has 2 nitrogen and oxygen atoms in total. The van der Waals surface area contributed by atoms with Gasteiger partial charge in [0.15, 0.2) is 0 Å². The lowest BCUT2D eigenvalue weighted by atomic mass is 9.89. The van der Waals surface area contributed by atoms with E-state index in [9.17, 15) is 0 Å². The largest absolute Gasteiger partial charge is 0.497 e. The predicted molar refractivity (Wildman–Crippen MR) is 73.7 cm³/mol. The SMILES string of the molecule is CCN1c2cc(OC)ccc2C(C)=CC1(C)C. The van der Waals surface area contributed by atoms with Crippen LogP contribution >= 0.6 is 0 Å². The summed E-state index contributed by atoms with van der Waals surface area (Å²) in [6.45, 7) is 9.88. The Morgan fingerprint density at radius 1 is 1.29 bits per heavy atom. The molecule has 1 aliphatic heterocycles. The molecule has 1 aliphatic rings. The molecular weight excluding hydrogens is 210 g/mol. The van der Waals surface area contributed by atoms with Crippen molar-refractivity contribution in [1.82, 2.24) is 0 Å². The summed E-state index contributed by atoms with van der Waals surface area (Å²) in [5.74, 6) is 0.924. The van der Waals surface area contributed by atoms with Crippen molar-refractivity contribution >= 4 is 11.3 Å². The van der Waals surface area contributed by atoms with Crippen LogP contribution in [0.2, 0.25) is 0 Å². The van der Waals surface area contributed by atoms with Crippen LogP contribution in [0.25, 0.3) is 5.57 Å². The van der Waals surface area contributed by atoms with E-state index in [0.29, 0.717) is 0 Å². The third kappa shape index (κ3) is 1.92. The van der Waals surface area contributed by atoms with Gasteiger partial charge in [-0.2, -0.15) is 0 Å². The minimum Gasteiger partial charge on any atom is -0.497 e. The molecular formula is C15H21NO. The van der Waals surface area contributed by atoms with E-state index in [1.807, 2.05) is 6.07 Å². The van der Waals surface area contributed by atoms with E-state index in [1.165, 1.54) is 16.8 Å². The highest BCUT2D eigenvalue weighted by molar-refractivity contribution is 5.81. The number of benzene rings is 1. The van der Waals surface area contributed by atoms with Crippen LogP contribution in [-0.4, -0.2) is 19.2 Å². The fourth-order valence-corrected chi connectivity index (χ4v) is 2.77. The van der Waals surface area contributed by atoms with Gasteiger partial charge in [-0.25, -0.2) is 0 Å².